The van der Waals surface area contributed by atoms with E-state index in [0.29, 0.717) is 12.8 Å². The number of carbonyl (C=O) groups is 1. The van der Waals surface area contributed by atoms with Crippen LogP contribution in [0.2, 0.25) is 0 Å². The molecule has 9 nitrogen and oxygen atoms in total. The summed E-state index contributed by atoms with van der Waals surface area (Å²) in [6, 6.07) is -0.776. The number of hydrogen-bond acceptors (Lipinski definition) is 8. The summed E-state index contributed by atoms with van der Waals surface area (Å²) in [5.74, 6) is -0.270. The first-order valence-electron chi connectivity index (χ1n) is 27.5. The van der Waals surface area contributed by atoms with Gasteiger partial charge >= 0.3 is 0 Å². The van der Waals surface area contributed by atoms with Crippen LogP contribution in [0.15, 0.2) is 60.8 Å². The number of rotatable bonds is 46. The maximum atomic E-state index is 13.0. The first-order chi connectivity index (χ1) is 32.3. The Labute approximate surface area is 405 Å². The molecule has 1 fully saturated rings. The zero-order chi connectivity index (χ0) is 48.0. The molecule has 7 atom stereocenters. The third-order valence-corrected chi connectivity index (χ3v) is 12.9. The van der Waals surface area contributed by atoms with E-state index in [-0.39, 0.29) is 18.9 Å². The van der Waals surface area contributed by atoms with Crippen molar-refractivity contribution in [2.45, 2.75) is 281 Å². The Morgan fingerprint density at radius 3 is 1.26 bits per heavy atom. The van der Waals surface area contributed by atoms with Gasteiger partial charge in [0.25, 0.3) is 0 Å². The van der Waals surface area contributed by atoms with Gasteiger partial charge in [0.2, 0.25) is 5.91 Å². The van der Waals surface area contributed by atoms with Crippen LogP contribution in [0.25, 0.3) is 0 Å². The normalized spacial score (nSPS) is 20.3. The molecule has 1 heterocycles. The van der Waals surface area contributed by atoms with Crippen LogP contribution in [-0.4, -0.2) is 87.5 Å². The molecule has 66 heavy (non-hydrogen) atoms. The monoisotopic (exact) mass is 930 g/mol. The van der Waals surface area contributed by atoms with E-state index in [1.807, 2.05) is 6.08 Å². The quantitative estimate of drug-likeness (QED) is 0.0261. The molecule has 1 amide bonds. The Bertz CT molecular complexity index is 1220. The molecule has 6 N–H and O–H groups in total. The summed E-state index contributed by atoms with van der Waals surface area (Å²) >= 11 is 0. The highest BCUT2D eigenvalue weighted by molar-refractivity contribution is 5.77. The molecule has 0 aromatic rings. The highest BCUT2D eigenvalue weighted by Gasteiger charge is 2.44. The van der Waals surface area contributed by atoms with Crippen LogP contribution in [0.3, 0.4) is 0 Å². The first-order valence-corrected chi connectivity index (χ1v) is 27.5. The Morgan fingerprint density at radius 1 is 0.515 bits per heavy atom. The van der Waals surface area contributed by atoms with Gasteiger partial charge in [-0.15, -0.1) is 0 Å². The van der Waals surface area contributed by atoms with Crippen LogP contribution in [0, 0.1) is 0 Å². The van der Waals surface area contributed by atoms with E-state index in [4.69, 9.17) is 9.47 Å². The van der Waals surface area contributed by atoms with Gasteiger partial charge in [0.1, 0.15) is 24.4 Å². The van der Waals surface area contributed by atoms with Crippen molar-refractivity contribution in [2.75, 3.05) is 13.2 Å². The predicted molar refractivity (Wildman–Crippen MR) is 276 cm³/mol. The van der Waals surface area contributed by atoms with Gasteiger partial charge in [-0.25, -0.2) is 0 Å². The lowest BCUT2D eigenvalue weighted by atomic mass is 9.99. The fourth-order valence-corrected chi connectivity index (χ4v) is 8.58. The van der Waals surface area contributed by atoms with Gasteiger partial charge in [-0.3, -0.25) is 4.79 Å². The minimum absolute atomic E-state index is 0.135. The molecule has 0 radical (unpaired) electrons. The van der Waals surface area contributed by atoms with E-state index in [2.05, 4.69) is 67.8 Å². The summed E-state index contributed by atoms with van der Waals surface area (Å²) in [6.45, 7) is 3.68. The summed E-state index contributed by atoms with van der Waals surface area (Å²) in [5, 5.41) is 54.4. The second-order valence-electron chi connectivity index (χ2n) is 19.0. The lowest BCUT2D eigenvalue weighted by Crippen LogP contribution is -2.60. The zero-order valence-electron chi connectivity index (χ0n) is 42.4. The lowest BCUT2D eigenvalue weighted by molar-refractivity contribution is -0.302. The first kappa shape index (κ1) is 61.9. The molecule has 1 saturated heterocycles. The summed E-state index contributed by atoms with van der Waals surface area (Å²) in [4.78, 5) is 13.0. The molecular weight excluding hydrogens is 827 g/mol. The van der Waals surface area contributed by atoms with Gasteiger partial charge < -0.3 is 40.3 Å². The molecular formula is C57H103NO8. The molecule has 1 aliphatic rings. The third kappa shape index (κ3) is 36.0. The van der Waals surface area contributed by atoms with Crippen LogP contribution in [0.4, 0.5) is 0 Å². The average molecular weight is 930 g/mol. The van der Waals surface area contributed by atoms with Crippen LogP contribution < -0.4 is 5.32 Å². The number of nitrogens with one attached hydrogen (secondary N) is 1. The number of aliphatic hydroxyl groups excluding tert-OH is 5. The maximum Gasteiger partial charge on any atom is 0.224 e. The fourth-order valence-electron chi connectivity index (χ4n) is 8.58. The van der Waals surface area contributed by atoms with Crippen LogP contribution in [0.5, 0.6) is 0 Å². The summed E-state index contributed by atoms with van der Waals surface area (Å²) in [6.07, 6.45) is 55.7. The van der Waals surface area contributed by atoms with Crippen LogP contribution >= 0.6 is 0 Å². The van der Waals surface area contributed by atoms with E-state index in [0.717, 1.165) is 44.9 Å². The smallest absolute Gasteiger partial charge is 0.224 e. The Hall–Kier alpha value is -2.11. The topological polar surface area (TPSA) is 149 Å². The molecule has 384 valence electrons. The van der Waals surface area contributed by atoms with Crippen LogP contribution in [0.1, 0.15) is 239 Å². The van der Waals surface area contributed by atoms with Crippen molar-refractivity contribution in [1.29, 1.82) is 0 Å². The molecule has 0 aromatic heterocycles. The van der Waals surface area contributed by atoms with Crippen molar-refractivity contribution in [3.63, 3.8) is 0 Å². The van der Waals surface area contributed by atoms with E-state index in [9.17, 15) is 30.3 Å². The van der Waals surface area contributed by atoms with E-state index in [1.54, 1.807) is 6.08 Å². The molecule has 0 bridgehead atoms. The summed E-state index contributed by atoms with van der Waals surface area (Å²) in [7, 11) is 0. The number of ether oxygens (including phenoxy) is 2. The number of amides is 1. The Kier molecular flexibility index (Phi) is 43.7. The molecule has 0 spiro atoms. The number of aliphatic hydroxyl groups is 5. The van der Waals surface area contributed by atoms with Gasteiger partial charge in [-0.05, 0) is 38.5 Å². The van der Waals surface area contributed by atoms with E-state index < -0.39 is 49.5 Å². The van der Waals surface area contributed by atoms with Crippen molar-refractivity contribution in [3.05, 3.63) is 60.8 Å². The third-order valence-electron chi connectivity index (χ3n) is 12.9. The highest BCUT2D eigenvalue weighted by atomic mass is 16.7. The summed E-state index contributed by atoms with van der Waals surface area (Å²) < 4.78 is 11.3. The average Bonchev–Trinajstić information content (AvgIpc) is 3.32. The SMILES string of the molecule is CC/C=C\C/C=C\C/C=C\C/C=C\C/C=C\CC(=O)NC(COC1OC(CO)C(O)C(O)C1O)C(O)CCCCCCCCCCCCCCCCCCCCCCCCCCCCCC. The molecule has 1 rings (SSSR count). The van der Waals surface area contributed by atoms with Crippen molar-refractivity contribution in [3.8, 4) is 0 Å². The second-order valence-corrected chi connectivity index (χ2v) is 19.0. The zero-order valence-corrected chi connectivity index (χ0v) is 42.4. The molecule has 0 aromatic carbocycles. The lowest BCUT2D eigenvalue weighted by Gasteiger charge is -2.40. The number of carbonyl (C=O) groups excluding carboxylic acids is 1. The highest BCUT2D eigenvalue weighted by Crippen LogP contribution is 2.23. The minimum Gasteiger partial charge on any atom is -0.394 e. The Morgan fingerprint density at radius 2 is 0.879 bits per heavy atom. The summed E-state index contributed by atoms with van der Waals surface area (Å²) in [5.41, 5.74) is 0. The molecule has 0 aliphatic carbocycles. The van der Waals surface area contributed by atoms with Gasteiger partial charge in [0, 0.05) is 6.42 Å². The van der Waals surface area contributed by atoms with Crippen molar-refractivity contribution >= 4 is 5.91 Å². The van der Waals surface area contributed by atoms with Crippen molar-refractivity contribution < 1.29 is 39.8 Å². The van der Waals surface area contributed by atoms with Gasteiger partial charge in [0.05, 0.1) is 25.4 Å². The molecule has 9 heteroatoms. The minimum atomic E-state index is -1.57. The number of hydrogen-bond donors (Lipinski definition) is 6. The standard InChI is InChI=1S/C57H103NO8/c1-3-5-7-9-11-13-15-17-19-20-21-22-23-24-25-26-27-28-29-30-31-33-34-36-38-40-42-44-46-51(60)50(49-65-57-56(64)55(63)54(62)52(48-59)66-57)58-53(61)47-45-43-41-39-37-35-32-18-16-14-12-10-8-6-4-2/h6,8,12,14,18,32,37,39,43,45,50-52,54-57,59-60,62-64H,3-5,7,9-11,13,15-17,19-31,33-36,38,40-42,44,46-49H2,1-2H3,(H,58,61)/b8-6-,14-12-,32-18-,39-37-,45-43-. The van der Waals surface area contributed by atoms with Crippen molar-refractivity contribution in [1.82, 2.24) is 5.32 Å². The van der Waals surface area contributed by atoms with Gasteiger partial charge in [-0.1, -0.05) is 254 Å². The predicted octanol–water partition coefficient (Wildman–Crippen LogP) is 13.1. The van der Waals surface area contributed by atoms with Crippen LogP contribution in [-0.2, 0) is 14.3 Å². The van der Waals surface area contributed by atoms with Crippen molar-refractivity contribution in [2.24, 2.45) is 0 Å². The molecule has 1 aliphatic heterocycles. The number of allylic oxidation sites excluding steroid dienone is 9. The fraction of sp³-hybridized carbons (Fsp3) is 0.807. The maximum absolute atomic E-state index is 13.0. The largest absolute Gasteiger partial charge is 0.394 e. The van der Waals surface area contributed by atoms with Gasteiger partial charge in [-0.2, -0.15) is 0 Å². The second kappa shape index (κ2) is 46.6. The Balaban J connectivity index is 2.22. The van der Waals surface area contributed by atoms with E-state index in [1.165, 1.54) is 161 Å². The number of unbranched alkanes of at least 4 members (excludes halogenated alkanes) is 27. The molecule has 7 unspecified atom stereocenters. The van der Waals surface area contributed by atoms with Gasteiger partial charge in [0.15, 0.2) is 6.29 Å². The molecule has 0 saturated carbocycles. The van der Waals surface area contributed by atoms with E-state index >= 15 is 0 Å².